The lowest BCUT2D eigenvalue weighted by atomic mass is 10.0. The summed E-state index contributed by atoms with van der Waals surface area (Å²) in [5, 5.41) is 3.25. The molecule has 2 aliphatic rings. The number of carbonyl (C=O) groups is 1. The molecule has 0 atom stereocenters. The third-order valence-electron chi connectivity index (χ3n) is 6.37. The fourth-order valence-corrected chi connectivity index (χ4v) is 5.36. The minimum atomic E-state index is 0.0330. The SMILES string of the molecule is O=C(NC1CCN(Cc2ccccc2)CC1)c1ccc(-c2ccc(N3CCOCC3)nc2)s1. The van der Waals surface area contributed by atoms with E-state index in [9.17, 15) is 4.79 Å². The summed E-state index contributed by atoms with van der Waals surface area (Å²) in [4.78, 5) is 24.0. The predicted octanol–water partition coefficient (Wildman–Crippen LogP) is 4.04. The first-order chi connectivity index (χ1) is 16.2. The number of amides is 1. The zero-order valence-corrected chi connectivity index (χ0v) is 19.6. The molecule has 0 spiro atoms. The Morgan fingerprint density at radius 1 is 1.00 bits per heavy atom. The number of hydrogen-bond acceptors (Lipinski definition) is 6. The average Bonchev–Trinajstić information content (AvgIpc) is 3.37. The molecule has 1 N–H and O–H groups in total. The normalized spacial score (nSPS) is 17.8. The van der Waals surface area contributed by atoms with Gasteiger partial charge in [0.1, 0.15) is 5.82 Å². The maximum atomic E-state index is 12.8. The lowest BCUT2D eigenvalue weighted by Gasteiger charge is -2.32. The number of carbonyl (C=O) groups excluding carboxylic acids is 1. The van der Waals surface area contributed by atoms with Crippen LogP contribution in [-0.2, 0) is 11.3 Å². The molecule has 2 saturated heterocycles. The second kappa shape index (κ2) is 10.5. The van der Waals surface area contributed by atoms with Gasteiger partial charge in [0.25, 0.3) is 5.91 Å². The fourth-order valence-electron chi connectivity index (χ4n) is 4.46. The first-order valence-electron chi connectivity index (χ1n) is 11.7. The van der Waals surface area contributed by atoms with E-state index in [1.54, 1.807) is 0 Å². The number of rotatable bonds is 6. The molecule has 2 aliphatic heterocycles. The number of likely N-dealkylation sites (tertiary alicyclic amines) is 1. The second-order valence-corrected chi connectivity index (χ2v) is 9.76. The first-order valence-corrected chi connectivity index (χ1v) is 12.5. The van der Waals surface area contributed by atoms with Gasteiger partial charge < -0.3 is 15.0 Å². The molecule has 0 aliphatic carbocycles. The van der Waals surface area contributed by atoms with E-state index in [1.807, 2.05) is 18.3 Å². The van der Waals surface area contributed by atoms with Gasteiger partial charge in [0.15, 0.2) is 0 Å². The maximum absolute atomic E-state index is 12.8. The maximum Gasteiger partial charge on any atom is 0.261 e. The summed E-state index contributed by atoms with van der Waals surface area (Å²) < 4.78 is 5.42. The van der Waals surface area contributed by atoms with Crippen molar-refractivity contribution in [2.24, 2.45) is 0 Å². The molecule has 0 radical (unpaired) electrons. The van der Waals surface area contributed by atoms with Crippen LogP contribution in [0.25, 0.3) is 10.4 Å². The number of piperidine rings is 1. The molecule has 0 bridgehead atoms. The van der Waals surface area contributed by atoms with E-state index in [4.69, 9.17) is 4.74 Å². The first kappa shape index (κ1) is 22.1. The summed E-state index contributed by atoms with van der Waals surface area (Å²) in [7, 11) is 0. The number of morpholine rings is 1. The van der Waals surface area contributed by atoms with Crippen molar-refractivity contribution < 1.29 is 9.53 Å². The van der Waals surface area contributed by atoms with E-state index in [-0.39, 0.29) is 11.9 Å². The van der Waals surface area contributed by atoms with Gasteiger partial charge >= 0.3 is 0 Å². The number of benzene rings is 1. The van der Waals surface area contributed by atoms with E-state index < -0.39 is 0 Å². The van der Waals surface area contributed by atoms with E-state index >= 15 is 0 Å². The van der Waals surface area contributed by atoms with Crippen LogP contribution in [-0.4, -0.2) is 61.2 Å². The van der Waals surface area contributed by atoms with Crippen LogP contribution in [0.5, 0.6) is 0 Å². The topological polar surface area (TPSA) is 57.7 Å². The van der Waals surface area contributed by atoms with Gasteiger partial charge in [-0.25, -0.2) is 4.98 Å². The zero-order valence-electron chi connectivity index (χ0n) is 18.8. The van der Waals surface area contributed by atoms with Crippen molar-refractivity contribution >= 4 is 23.1 Å². The van der Waals surface area contributed by atoms with Crippen molar-refractivity contribution in [3.05, 3.63) is 71.2 Å². The van der Waals surface area contributed by atoms with Crippen molar-refractivity contribution in [1.29, 1.82) is 0 Å². The molecule has 33 heavy (non-hydrogen) atoms. The highest BCUT2D eigenvalue weighted by molar-refractivity contribution is 7.17. The monoisotopic (exact) mass is 462 g/mol. The van der Waals surface area contributed by atoms with E-state index in [2.05, 4.69) is 62.6 Å². The number of aromatic nitrogens is 1. The Hall–Kier alpha value is -2.74. The van der Waals surface area contributed by atoms with E-state index in [1.165, 1.54) is 16.9 Å². The third-order valence-corrected chi connectivity index (χ3v) is 7.50. The van der Waals surface area contributed by atoms with Gasteiger partial charge in [0, 0.05) is 55.4 Å². The summed E-state index contributed by atoms with van der Waals surface area (Å²) in [6, 6.07) is 18.9. The minimum absolute atomic E-state index is 0.0330. The highest BCUT2D eigenvalue weighted by Gasteiger charge is 2.22. The molecule has 2 fully saturated rings. The van der Waals surface area contributed by atoms with Crippen molar-refractivity contribution in [3.8, 4) is 10.4 Å². The Labute approximate surface area is 199 Å². The molecule has 4 heterocycles. The van der Waals surface area contributed by atoms with Crippen molar-refractivity contribution in [1.82, 2.24) is 15.2 Å². The number of pyridine rings is 1. The average molecular weight is 463 g/mol. The molecule has 0 unspecified atom stereocenters. The molecule has 1 amide bonds. The summed E-state index contributed by atoms with van der Waals surface area (Å²) in [5.74, 6) is 1.01. The summed E-state index contributed by atoms with van der Waals surface area (Å²) in [6.45, 7) is 6.25. The number of thiophene rings is 1. The van der Waals surface area contributed by atoms with Crippen LogP contribution in [0.1, 0.15) is 28.1 Å². The van der Waals surface area contributed by atoms with Crippen LogP contribution in [0.3, 0.4) is 0 Å². The van der Waals surface area contributed by atoms with Gasteiger partial charge in [-0.05, 0) is 42.7 Å². The second-order valence-electron chi connectivity index (χ2n) is 8.68. The van der Waals surface area contributed by atoms with Crippen molar-refractivity contribution in [3.63, 3.8) is 0 Å². The number of ether oxygens (including phenoxy) is 1. The Morgan fingerprint density at radius 2 is 1.79 bits per heavy atom. The van der Waals surface area contributed by atoms with Gasteiger partial charge in [-0.2, -0.15) is 0 Å². The predicted molar refractivity (Wildman–Crippen MR) is 133 cm³/mol. The molecule has 172 valence electrons. The molecule has 2 aromatic heterocycles. The Kier molecular flexibility index (Phi) is 7.00. The van der Waals surface area contributed by atoms with Gasteiger partial charge in [-0.15, -0.1) is 11.3 Å². The number of nitrogens with zero attached hydrogens (tertiary/aromatic N) is 3. The van der Waals surface area contributed by atoms with Crippen molar-refractivity contribution in [2.75, 3.05) is 44.3 Å². The van der Waals surface area contributed by atoms with Crippen molar-refractivity contribution in [2.45, 2.75) is 25.4 Å². The van der Waals surface area contributed by atoms with Gasteiger partial charge in [0.2, 0.25) is 0 Å². The van der Waals surface area contributed by atoms with Crippen LogP contribution >= 0.6 is 11.3 Å². The Balaban J connectivity index is 1.13. The molecule has 7 heteroatoms. The highest BCUT2D eigenvalue weighted by Crippen LogP contribution is 2.29. The fraction of sp³-hybridized carbons (Fsp3) is 0.385. The van der Waals surface area contributed by atoms with Gasteiger partial charge in [-0.3, -0.25) is 9.69 Å². The molecule has 6 nitrogen and oxygen atoms in total. The smallest absolute Gasteiger partial charge is 0.261 e. The van der Waals surface area contributed by atoms with E-state index in [0.29, 0.717) is 0 Å². The van der Waals surface area contributed by atoms with Crippen LogP contribution < -0.4 is 10.2 Å². The lowest BCUT2D eigenvalue weighted by molar-refractivity contribution is 0.0913. The van der Waals surface area contributed by atoms with Gasteiger partial charge in [0.05, 0.1) is 18.1 Å². The molecule has 3 aromatic rings. The molecular formula is C26H30N4O2S. The number of hydrogen-bond donors (Lipinski definition) is 1. The largest absolute Gasteiger partial charge is 0.378 e. The number of anilines is 1. The number of nitrogens with one attached hydrogen (secondary N) is 1. The summed E-state index contributed by atoms with van der Waals surface area (Å²) in [6.07, 6.45) is 3.88. The lowest BCUT2D eigenvalue weighted by Crippen LogP contribution is -2.44. The van der Waals surface area contributed by atoms with E-state index in [0.717, 1.165) is 79.9 Å². The third kappa shape index (κ3) is 5.61. The zero-order chi connectivity index (χ0) is 22.5. The van der Waals surface area contributed by atoms with Crippen LogP contribution in [0, 0.1) is 0 Å². The summed E-state index contributed by atoms with van der Waals surface area (Å²) >= 11 is 1.53. The van der Waals surface area contributed by atoms with Crippen LogP contribution in [0.2, 0.25) is 0 Å². The van der Waals surface area contributed by atoms with Crippen LogP contribution in [0.4, 0.5) is 5.82 Å². The molecule has 5 rings (SSSR count). The van der Waals surface area contributed by atoms with Gasteiger partial charge in [-0.1, -0.05) is 30.3 Å². The molecule has 0 saturated carbocycles. The molecule has 1 aromatic carbocycles. The summed E-state index contributed by atoms with van der Waals surface area (Å²) in [5.41, 5.74) is 2.39. The standard InChI is InChI=1S/C26H30N4O2S/c31-26(28-22-10-12-29(13-11-22)19-20-4-2-1-3-5-20)24-8-7-23(33-24)21-6-9-25(27-18-21)30-14-16-32-17-15-30/h1-9,18,22H,10-17,19H2,(H,28,31). The quantitative estimate of drug-likeness (QED) is 0.599. The minimum Gasteiger partial charge on any atom is -0.378 e. The Bertz CT molecular complexity index is 1040. The molecular weight excluding hydrogens is 432 g/mol. The van der Waals surface area contributed by atoms with Crippen LogP contribution in [0.15, 0.2) is 60.8 Å². The highest BCUT2D eigenvalue weighted by atomic mass is 32.1. The Morgan fingerprint density at radius 3 is 2.52 bits per heavy atom.